The molecule has 0 saturated carbocycles. The molecule has 2 amide bonds. The van der Waals surface area contributed by atoms with E-state index < -0.39 is 5.91 Å². The van der Waals surface area contributed by atoms with Crippen LogP contribution in [0.3, 0.4) is 0 Å². The van der Waals surface area contributed by atoms with E-state index in [1.54, 1.807) is 22.2 Å². The van der Waals surface area contributed by atoms with Gasteiger partial charge in [0, 0.05) is 19.6 Å². The van der Waals surface area contributed by atoms with Gasteiger partial charge in [0.25, 0.3) is 11.8 Å². The Balaban J connectivity index is 1.86. The van der Waals surface area contributed by atoms with Gasteiger partial charge in [-0.05, 0) is 37.7 Å². The SMILES string of the molecule is C=C(C)CNC(=S)N1CCCN1C(=O)CNC(=O)c1ccco1. The van der Waals surface area contributed by atoms with Crippen LogP contribution >= 0.6 is 12.2 Å². The molecule has 0 atom stereocenters. The van der Waals surface area contributed by atoms with Crippen LogP contribution in [0.1, 0.15) is 23.9 Å². The Labute approximate surface area is 140 Å². The smallest absolute Gasteiger partial charge is 0.287 e. The quantitative estimate of drug-likeness (QED) is 0.615. The van der Waals surface area contributed by atoms with Crippen molar-refractivity contribution in [3.63, 3.8) is 0 Å². The van der Waals surface area contributed by atoms with E-state index in [2.05, 4.69) is 17.2 Å². The Morgan fingerprint density at radius 1 is 1.30 bits per heavy atom. The minimum Gasteiger partial charge on any atom is -0.459 e. The summed E-state index contributed by atoms with van der Waals surface area (Å²) in [7, 11) is 0. The van der Waals surface area contributed by atoms with Gasteiger partial charge < -0.3 is 15.1 Å². The molecule has 1 fully saturated rings. The zero-order valence-electron chi connectivity index (χ0n) is 13.0. The van der Waals surface area contributed by atoms with Gasteiger partial charge in [-0.1, -0.05) is 12.2 Å². The molecule has 1 aromatic rings. The highest BCUT2D eigenvalue weighted by atomic mass is 32.1. The maximum atomic E-state index is 12.3. The number of nitrogens with zero attached hydrogens (tertiary/aromatic N) is 2. The van der Waals surface area contributed by atoms with Gasteiger partial charge in [0.2, 0.25) is 0 Å². The van der Waals surface area contributed by atoms with Crippen LogP contribution in [0.15, 0.2) is 35.0 Å². The number of hydrogen-bond acceptors (Lipinski definition) is 4. The summed E-state index contributed by atoms with van der Waals surface area (Å²) in [5.74, 6) is -0.464. The minimum atomic E-state index is -0.419. The number of furan rings is 1. The van der Waals surface area contributed by atoms with Gasteiger partial charge in [0.1, 0.15) is 0 Å². The fourth-order valence-corrected chi connectivity index (χ4v) is 2.40. The lowest BCUT2D eigenvalue weighted by Crippen LogP contribution is -2.51. The van der Waals surface area contributed by atoms with E-state index in [1.165, 1.54) is 6.26 Å². The first-order chi connectivity index (χ1) is 11.0. The lowest BCUT2D eigenvalue weighted by Gasteiger charge is -2.30. The van der Waals surface area contributed by atoms with Gasteiger partial charge in [0.05, 0.1) is 12.8 Å². The highest BCUT2D eigenvalue weighted by Gasteiger charge is 2.28. The van der Waals surface area contributed by atoms with Crippen LogP contribution in [0.4, 0.5) is 0 Å². The van der Waals surface area contributed by atoms with Crippen LogP contribution in [-0.2, 0) is 4.79 Å². The molecular weight excluding hydrogens is 316 g/mol. The van der Waals surface area contributed by atoms with Gasteiger partial charge in [-0.15, -0.1) is 0 Å². The Kier molecular flexibility index (Phi) is 5.75. The Morgan fingerprint density at radius 2 is 2.04 bits per heavy atom. The predicted octanol–water partition coefficient (Wildman–Crippen LogP) is 0.909. The molecule has 0 aromatic carbocycles. The third-order valence-electron chi connectivity index (χ3n) is 3.24. The molecule has 124 valence electrons. The minimum absolute atomic E-state index is 0.112. The number of amides is 2. The molecule has 1 aliphatic heterocycles. The maximum Gasteiger partial charge on any atom is 0.287 e. The van der Waals surface area contributed by atoms with Crippen molar-refractivity contribution in [1.82, 2.24) is 20.7 Å². The lowest BCUT2D eigenvalue weighted by atomic mass is 10.3. The zero-order chi connectivity index (χ0) is 16.8. The van der Waals surface area contributed by atoms with Gasteiger partial charge >= 0.3 is 0 Å². The first-order valence-electron chi connectivity index (χ1n) is 7.30. The third kappa shape index (κ3) is 4.56. The van der Waals surface area contributed by atoms with E-state index in [-0.39, 0.29) is 18.2 Å². The topological polar surface area (TPSA) is 77.8 Å². The average molecular weight is 336 g/mol. The van der Waals surface area contributed by atoms with Crippen LogP contribution in [0.5, 0.6) is 0 Å². The van der Waals surface area contributed by atoms with Crippen molar-refractivity contribution in [1.29, 1.82) is 0 Å². The summed E-state index contributed by atoms with van der Waals surface area (Å²) in [4.78, 5) is 24.1. The maximum absolute atomic E-state index is 12.3. The van der Waals surface area contributed by atoms with E-state index in [9.17, 15) is 9.59 Å². The molecular formula is C15H20N4O3S. The molecule has 23 heavy (non-hydrogen) atoms. The summed E-state index contributed by atoms with van der Waals surface area (Å²) in [6.07, 6.45) is 2.23. The number of carbonyl (C=O) groups excluding carboxylic acids is 2. The summed E-state index contributed by atoms with van der Waals surface area (Å²) in [6, 6.07) is 3.16. The van der Waals surface area contributed by atoms with Crippen molar-refractivity contribution in [3.05, 3.63) is 36.3 Å². The Morgan fingerprint density at radius 3 is 2.70 bits per heavy atom. The molecule has 1 aliphatic rings. The molecule has 1 aromatic heterocycles. The van der Waals surface area contributed by atoms with Crippen molar-refractivity contribution in [2.24, 2.45) is 0 Å². The van der Waals surface area contributed by atoms with E-state index in [1.807, 2.05) is 6.92 Å². The summed E-state index contributed by atoms with van der Waals surface area (Å²) >= 11 is 5.31. The summed E-state index contributed by atoms with van der Waals surface area (Å²) in [6.45, 7) is 7.39. The molecule has 2 heterocycles. The predicted molar refractivity (Wildman–Crippen MR) is 89.5 cm³/mol. The van der Waals surface area contributed by atoms with E-state index in [4.69, 9.17) is 16.6 Å². The molecule has 0 bridgehead atoms. The van der Waals surface area contributed by atoms with E-state index in [0.717, 1.165) is 12.0 Å². The van der Waals surface area contributed by atoms with Gasteiger partial charge in [-0.3, -0.25) is 19.6 Å². The van der Waals surface area contributed by atoms with E-state index >= 15 is 0 Å². The monoisotopic (exact) mass is 336 g/mol. The molecule has 8 heteroatoms. The lowest BCUT2D eigenvalue weighted by molar-refractivity contribution is -0.137. The van der Waals surface area contributed by atoms with Crippen molar-refractivity contribution in [2.45, 2.75) is 13.3 Å². The van der Waals surface area contributed by atoms with Gasteiger partial charge in [-0.2, -0.15) is 0 Å². The number of carbonyl (C=O) groups is 2. The number of hydrogen-bond donors (Lipinski definition) is 2. The molecule has 7 nitrogen and oxygen atoms in total. The largest absolute Gasteiger partial charge is 0.459 e. The number of hydrazine groups is 1. The normalized spacial score (nSPS) is 13.8. The van der Waals surface area contributed by atoms with Crippen LogP contribution < -0.4 is 10.6 Å². The third-order valence-corrected chi connectivity index (χ3v) is 3.60. The molecule has 1 saturated heterocycles. The van der Waals surface area contributed by atoms with Crippen molar-refractivity contribution in [2.75, 3.05) is 26.2 Å². The number of rotatable bonds is 5. The molecule has 2 rings (SSSR count). The Hall–Kier alpha value is -2.35. The van der Waals surface area contributed by atoms with Crippen LogP contribution in [-0.4, -0.2) is 53.1 Å². The van der Waals surface area contributed by atoms with Crippen molar-refractivity contribution >= 4 is 29.1 Å². The molecule has 0 radical (unpaired) electrons. The first-order valence-corrected chi connectivity index (χ1v) is 7.71. The second-order valence-corrected chi connectivity index (χ2v) is 5.66. The van der Waals surface area contributed by atoms with Crippen LogP contribution in [0.25, 0.3) is 0 Å². The Bertz CT molecular complexity index is 600. The van der Waals surface area contributed by atoms with Crippen LogP contribution in [0, 0.1) is 0 Å². The standard InChI is InChI=1S/C15H20N4O3S/c1-11(2)9-17-15(23)19-7-4-6-18(19)13(20)10-16-14(21)12-5-3-8-22-12/h3,5,8H,1,4,6-7,9-10H2,2H3,(H,16,21)(H,17,23). The highest BCUT2D eigenvalue weighted by molar-refractivity contribution is 7.80. The fourth-order valence-electron chi connectivity index (χ4n) is 2.14. The van der Waals surface area contributed by atoms with Gasteiger partial charge in [-0.25, -0.2) is 0 Å². The second kappa shape index (κ2) is 7.77. The highest BCUT2D eigenvalue weighted by Crippen LogP contribution is 2.11. The number of nitrogens with one attached hydrogen (secondary N) is 2. The molecule has 2 N–H and O–H groups in total. The summed E-state index contributed by atoms with van der Waals surface area (Å²) < 4.78 is 4.98. The van der Waals surface area contributed by atoms with Crippen molar-refractivity contribution < 1.29 is 14.0 Å². The molecule has 0 spiro atoms. The van der Waals surface area contributed by atoms with E-state index in [0.29, 0.717) is 24.7 Å². The first kappa shape index (κ1) is 17.0. The zero-order valence-corrected chi connectivity index (χ0v) is 13.8. The summed E-state index contributed by atoms with van der Waals surface area (Å²) in [5.41, 5.74) is 0.954. The van der Waals surface area contributed by atoms with Crippen molar-refractivity contribution in [3.8, 4) is 0 Å². The molecule has 0 unspecified atom stereocenters. The second-order valence-electron chi connectivity index (χ2n) is 5.27. The van der Waals surface area contributed by atoms with Crippen LogP contribution in [0.2, 0.25) is 0 Å². The number of thiocarbonyl (C=S) groups is 1. The molecule has 0 aliphatic carbocycles. The fraction of sp³-hybridized carbons (Fsp3) is 0.400. The summed E-state index contributed by atoms with van der Waals surface area (Å²) in [5, 5.41) is 9.36. The average Bonchev–Trinajstić information content (AvgIpc) is 3.20. The van der Waals surface area contributed by atoms with Gasteiger partial charge in [0.15, 0.2) is 10.9 Å².